The molecule has 0 unspecified atom stereocenters. The Morgan fingerprint density at radius 2 is 1.96 bits per heavy atom. The number of carbonyl (C=O) groups is 4. The number of carbonyl (C=O) groups excluding carboxylic acids is 3. The summed E-state index contributed by atoms with van der Waals surface area (Å²) in [5.74, 6) is -0.675. The van der Waals surface area contributed by atoms with Crippen LogP contribution < -0.4 is 16.1 Å². The van der Waals surface area contributed by atoms with E-state index >= 15 is 0 Å². The van der Waals surface area contributed by atoms with Gasteiger partial charge in [0.25, 0.3) is 5.91 Å². The predicted octanol–water partition coefficient (Wildman–Crippen LogP) is -1.99. The molecule has 2 aliphatic heterocycles. The van der Waals surface area contributed by atoms with Crippen molar-refractivity contribution in [1.29, 1.82) is 0 Å². The van der Waals surface area contributed by atoms with Gasteiger partial charge >= 0.3 is 28.6 Å². The van der Waals surface area contributed by atoms with Crippen LogP contribution in [-0.2, 0) is 24.3 Å². The molecule has 0 aromatic rings. The van der Waals surface area contributed by atoms with E-state index in [-0.39, 0.29) is 32.5 Å². The van der Waals surface area contributed by atoms with Gasteiger partial charge in [-0.3, -0.25) is 14.2 Å². The summed E-state index contributed by atoms with van der Waals surface area (Å²) in [4.78, 5) is 51.4. The number of hydroxylamine groups is 3. The molecule has 2 aliphatic rings. The maximum atomic E-state index is 12.1. The van der Waals surface area contributed by atoms with Gasteiger partial charge in [0.1, 0.15) is 6.04 Å². The van der Waals surface area contributed by atoms with Crippen molar-refractivity contribution in [2.75, 3.05) is 19.7 Å². The Labute approximate surface area is 152 Å². The number of urea groups is 2. The van der Waals surface area contributed by atoms with Crippen molar-refractivity contribution in [3.05, 3.63) is 0 Å². The van der Waals surface area contributed by atoms with Crippen molar-refractivity contribution < 1.29 is 46.4 Å². The Morgan fingerprint density at radius 1 is 1.26 bits per heavy atom. The van der Waals surface area contributed by atoms with Gasteiger partial charge in [-0.2, -0.15) is 13.5 Å². The van der Waals surface area contributed by atoms with Crippen molar-refractivity contribution in [2.45, 2.75) is 24.9 Å². The second-order valence-electron chi connectivity index (χ2n) is 5.51. The molecule has 0 spiro atoms. The fraction of sp³-hybridized carbons (Fsp3) is 0.636. The highest BCUT2D eigenvalue weighted by Gasteiger charge is 2.49. The van der Waals surface area contributed by atoms with Gasteiger partial charge < -0.3 is 15.3 Å². The minimum Gasteiger partial charge on any atom is -0.465 e. The van der Waals surface area contributed by atoms with Crippen LogP contribution in [-0.4, -0.2) is 83.9 Å². The number of hydrogen-bond donors (Lipinski definition) is 5. The first-order valence-electron chi connectivity index (χ1n) is 7.54. The molecule has 2 fully saturated rings. The first-order chi connectivity index (χ1) is 12.6. The average molecular weight is 411 g/mol. The highest BCUT2D eigenvalue weighted by Crippen LogP contribution is 2.30. The highest BCUT2D eigenvalue weighted by molar-refractivity contribution is 7.80. The first-order valence-corrected chi connectivity index (χ1v) is 8.91. The molecule has 0 aromatic carbocycles. The van der Waals surface area contributed by atoms with E-state index in [1.54, 1.807) is 0 Å². The first kappa shape index (κ1) is 20.6. The summed E-state index contributed by atoms with van der Waals surface area (Å²) in [5.41, 5.74) is 2.09. The number of amides is 6. The Kier molecular flexibility index (Phi) is 6.37. The quantitative estimate of drug-likeness (QED) is 0.177. The number of hydrogen-bond acceptors (Lipinski definition) is 8. The molecular weight excluding hydrogens is 394 g/mol. The number of imide groups is 1. The monoisotopic (exact) mass is 411 g/mol. The van der Waals surface area contributed by atoms with Gasteiger partial charge in [-0.1, -0.05) is 0 Å². The lowest BCUT2D eigenvalue weighted by Gasteiger charge is -2.28. The summed E-state index contributed by atoms with van der Waals surface area (Å²) >= 11 is 0. The molecule has 0 radical (unpaired) electrons. The fourth-order valence-electron chi connectivity index (χ4n) is 2.65. The molecule has 15 nitrogen and oxygen atoms in total. The number of fused-ring (bicyclic) bond motifs is 2. The minimum absolute atomic E-state index is 0.0311. The van der Waals surface area contributed by atoms with Gasteiger partial charge in [0.15, 0.2) is 0 Å². The Morgan fingerprint density at radius 3 is 2.59 bits per heavy atom. The molecule has 27 heavy (non-hydrogen) atoms. The van der Waals surface area contributed by atoms with Gasteiger partial charge in [-0.15, -0.1) is 4.28 Å². The van der Waals surface area contributed by atoms with Crippen molar-refractivity contribution >= 4 is 34.5 Å². The zero-order chi connectivity index (χ0) is 20.2. The van der Waals surface area contributed by atoms with Crippen LogP contribution >= 0.6 is 0 Å². The van der Waals surface area contributed by atoms with Crippen molar-refractivity contribution in [3.8, 4) is 0 Å². The van der Waals surface area contributed by atoms with Crippen LogP contribution in [0.4, 0.5) is 14.4 Å². The molecule has 0 aromatic heterocycles. The van der Waals surface area contributed by atoms with E-state index < -0.39 is 46.5 Å². The van der Waals surface area contributed by atoms with Crippen LogP contribution in [0.2, 0.25) is 0 Å². The minimum atomic E-state index is -4.88. The van der Waals surface area contributed by atoms with Crippen LogP contribution in [0, 0.1) is 0 Å². The summed E-state index contributed by atoms with van der Waals surface area (Å²) < 4.78 is 34.6. The molecule has 0 saturated carbocycles. The van der Waals surface area contributed by atoms with Gasteiger partial charge in [-0.25, -0.2) is 25.2 Å². The topological polar surface area (TPSA) is 204 Å². The van der Waals surface area contributed by atoms with E-state index in [2.05, 4.69) is 15.1 Å². The van der Waals surface area contributed by atoms with Crippen LogP contribution in [0.25, 0.3) is 0 Å². The number of nitrogens with zero attached hydrogens (tertiary/aromatic N) is 2. The van der Waals surface area contributed by atoms with Gasteiger partial charge in [0.2, 0.25) is 0 Å². The van der Waals surface area contributed by atoms with Crippen LogP contribution in [0.1, 0.15) is 12.8 Å². The number of nitrogens with one attached hydrogen (secondary N) is 3. The molecule has 2 saturated heterocycles. The summed E-state index contributed by atoms with van der Waals surface area (Å²) in [5, 5.41) is 12.5. The van der Waals surface area contributed by atoms with E-state index in [1.807, 2.05) is 0 Å². The molecule has 5 N–H and O–H groups in total. The third-order valence-electron chi connectivity index (χ3n) is 3.68. The van der Waals surface area contributed by atoms with E-state index in [4.69, 9.17) is 14.5 Å². The Balaban J connectivity index is 1.77. The molecule has 2 atom stereocenters. The normalized spacial score (nSPS) is 21.7. The Bertz CT molecular complexity index is 727. The van der Waals surface area contributed by atoms with Gasteiger partial charge in [0.05, 0.1) is 12.6 Å². The lowest BCUT2D eigenvalue weighted by Crippen LogP contribution is -2.50. The summed E-state index contributed by atoms with van der Waals surface area (Å²) in [6, 6.07) is -3.41. The van der Waals surface area contributed by atoms with E-state index in [9.17, 15) is 27.6 Å². The third-order valence-corrected chi connectivity index (χ3v) is 4.03. The summed E-state index contributed by atoms with van der Waals surface area (Å²) in [7, 11) is -4.88. The largest absolute Gasteiger partial charge is 0.465 e. The third kappa shape index (κ3) is 5.64. The molecular formula is C11H17N5O10S. The maximum Gasteiger partial charge on any atom is 0.418 e. The second-order valence-corrected chi connectivity index (χ2v) is 6.52. The van der Waals surface area contributed by atoms with Crippen LogP contribution in [0.3, 0.4) is 0 Å². The molecule has 2 bridgehead atoms. The summed E-state index contributed by atoms with van der Waals surface area (Å²) in [6.07, 6.45) is -1.07. The van der Waals surface area contributed by atoms with Crippen molar-refractivity contribution in [3.63, 3.8) is 0 Å². The highest BCUT2D eigenvalue weighted by atomic mass is 32.3. The predicted molar refractivity (Wildman–Crippen MR) is 82.0 cm³/mol. The molecule has 152 valence electrons. The fourth-order valence-corrected chi connectivity index (χ4v) is 3.04. The van der Waals surface area contributed by atoms with E-state index in [1.165, 1.54) is 5.32 Å². The van der Waals surface area contributed by atoms with Crippen molar-refractivity contribution in [2.24, 2.45) is 0 Å². The maximum absolute atomic E-state index is 12.1. The molecule has 16 heteroatoms. The summed E-state index contributed by atoms with van der Waals surface area (Å²) in [6.45, 7) is -0.256. The zero-order valence-electron chi connectivity index (χ0n) is 13.7. The number of piperidine rings is 1. The van der Waals surface area contributed by atoms with Crippen molar-refractivity contribution in [1.82, 2.24) is 26.1 Å². The molecule has 6 amide bonds. The second kappa shape index (κ2) is 8.33. The zero-order valence-corrected chi connectivity index (χ0v) is 14.5. The SMILES string of the molecule is O=C(O)NC(=O)NCCONC(=O)[C@@H]1CC[C@@H]2CN1C(=O)N2OS(=O)(=O)O. The van der Waals surface area contributed by atoms with E-state index in [0.717, 1.165) is 4.90 Å². The smallest absolute Gasteiger partial charge is 0.418 e. The standard InChI is InChI=1S/C11H17N5O10S/c17-8(14-25-4-3-12-9(18)13-10(19)20)7-2-1-6-5-15(7)11(21)16(6)26-27(22,23)24/h6-7H,1-5H2,(H,14,17)(H,19,20)(H2,12,13,18)(H,22,23,24)/t6-,7+/m1/s1. The van der Waals surface area contributed by atoms with Crippen LogP contribution in [0.5, 0.6) is 0 Å². The lowest BCUT2D eigenvalue weighted by atomic mass is 10.0. The molecule has 2 rings (SSSR count). The number of carboxylic acid groups (broad SMARTS) is 1. The van der Waals surface area contributed by atoms with Gasteiger partial charge in [0, 0.05) is 13.1 Å². The average Bonchev–Trinajstić information content (AvgIpc) is 2.77. The van der Waals surface area contributed by atoms with Crippen LogP contribution in [0.15, 0.2) is 0 Å². The number of rotatable bonds is 7. The molecule has 2 heterocycles. The molecule has 0 aliphatic carbocycles. The Hall–Kier alpha value is -2.69. The lowest BCUT2D eigenvalue weighted by molar-refractivity contribution is -0.138. The van der Waals surface area contributed by atoms with Gasteiger partial charge in [-0.05, 0) is 12.8 Å². The van der Waals surface area contributed by atoms with E-state index in [0.29, 0.717) is 5.06 Å².